The molecule has 0 fully saturated rings. The number of hydrogen-bond acceptors (Lipinski definition) is 4. The van der Waals surface area contributed by atoms with Gasteiger partial charge >= 0.3 is 0 Å². The first-order chi connectivity index (χ1) is 28.7. The Bertz CT molecular complexity index is 3710. The molecule has 0 N–H and O–H groups in total. The molecule has 4 nitrogen and oxygen atoms in total. The summed E-state index contributed by atoms with van der Waals surface area (Å²) in [4.78, 5) is 12.3. The van der Waals surface area contributed by atoms with Crippen molar-refractivity contribution in [1.82, 2.24) is 19.1 Å². The lowest BCUT2D eigenvalue weighted by Gasteiger charge is -2.11. The number of fused-ring (bicyclic) bond motifs is 12. The number of aromatic nitrogens is 4. The summed E-state index contributed by atoms with van der Waals surface area (Å²) in [5.74, 6) is 1.79. The SMILES string of the molecule is C1=Cc2c(sc3ccc(-c4cccc(-n5c6ccccc6c6cc7c8ccccc8n(-c8cccc(-c9ccc%10sc%11ccccc%11c%10c9)n8)c7cc65)n4)cc23)CC1. The monoisotopic (exact) mass is 776 g/mol. The second-order valence-electron chi connectivity index (χ2n) is 15.3. The molecule has 0 bridgehead atoms. The first-order valence-electron chi connectivity index (χ1n) is 19.8. The predicted molar refractivity (Wildman–Crippen MR) is 247 cm³/mol. The van der Waals surface area contributed by atoms with E-state index in [4.69, 9.17) is 9.97 Å². The van der Waals surface area contributed by atoms with Gasteiger partial charge in [0.05, 0.1) is 33.5 Å². The van der Waals surface area contributed by atoms with E-state index < -0.39 is 0 Å². The molecule has 0 saturated heterocycles. The van der Waals surface area contributed by atoms with E-state index >= 15 is 0 Å². The quantitative estimate of drug-likeness (QED) is 0.178. The summed E-state index contributed by atoms with van der Waals surface area (Å²) in [6.07, 6.45) is 6.85. The Morgan fingerprint density at radius 2 is 0.983 bits per heavy atom. The summed E-state index contributed by atoms with van der Waals surface area (Å²) in [6, 6.07) is 57.3. The molecule has 0 atom stereocenters. The van der Waals surface area contributed by atoms with Gasteiger partial charge in [-0.25, -0.2) is 9.97 Å². The lowest BCUT2D eigenvalue weighted by molar-refractivity contribution is 1.02. The van der Waals surface area contributed by atoms with Crippen molar-refractivity contribution in [2.45, 2.75) is 12.8 Å². The van der Waals surface area contributed by atoms with Crippen LogP contribution in [-0.2, 0) is 6.42 Å². The number of rotatable bonds is 4. The Morgan fingerprint density at radius 1 is 0.414 bits per heavy atom. The smallest absolute Gasteiger partial charge is 0.138 e. The van der Waals surface area contributed by atoms with Gasteiger partial charge in [-0.15, -0.1) is 22.7 Å². The zero-order chi connectivity index (χ0) is 37.9. The van der Waals surface area contributed by atoms with Crippen molar-refractivity contribution in [2.24, 2.45) is 0 Å². The maximum Gasteiger partial charge on any atom is 0.138 e. The van der Waals surface area contributed by atoms with E-state index in [1.165, 1.54) is 62.2 Å². The lowest BCUT2D eigenvalue weighted by Crippen LogP contribution is -2.00. The van der Waals surface area contributed by atoms with Crippen LogP contribution in [0.2, 0.25) is 0 Å². The first kappa shape index (κ1) is 32.2. The van der Waals surface area contributed by atoms with Gasteiger partial charge in [0.15, 0.2) is 0 Å². The highest BCUT2D eigenvalue weighted by Gasteiger charge is 2.20. The summed E-state index contributed by atoms with van der Waals surface area (Å²) in [5.41, 5.74) is 10.0. The maximum atomic E-state index is 5.40. The van der Waals surface area contributed by atoms with Crippen LogP contribution < -0.4 is 0 Å². The molecule has 6 aromatic heterocycles. The van der Waals surface area contributed by atoms with E-state index in [0.29, 0.717) is 0 Å². The van der Waals surface area contributed by atoms with E-state index in [1.807, 2.05) is 22.7 Å². The molecule has 6 aromatic carbocycles. The molecule has 0 amide bonds. The molecule has 0 aliphatic heterocycles. The number of para-hydroxylation sites is 2. The zero-order valence-corrected chi connectivity index (χ0v) is 32.8. The van der Waals surface area contributed by atoms with Crippen molar-refractivity contribution in [1.29, 1.82) is 0 Å². The molecule has 1 aliphatic rings. The standard InChI is InChI=1S/C52H32N4S2/c1-5-17-43-33(11-1)37-29-38-34-12-2-6-18-44(34)56(52-22-10-16-42(54-52)32-24-26-50-40(28-32)36-14-4-8-20-48(36)58-50)46(38)30-45(37)55(43)51-21-9-15-41(53-51)31-23-25-49-39(27-31)35-13-3-7-19-47(35)57-49/h1-7,9-19,21-30H,8,20H2. The highest BCUT2D eigenvalue weighted by Crippen LogP contribution is 2.42. The Hall–Kier alpha value is -6.86. The third-order valence-corrected chi connectivity index (χ3v) is 14.4. The topological polar surface area (TPSA) is 35.6 Å². The first-order valence-corrected chi connectivity index (χ1v) is 21.4. The molecule has 0 saturated carbocycles. The summed E-state index contributed by atoms with van der Waals surface area (Å²) in [7, 11) is 0. The fourth-order valence-electron chi connectivity index (χ4n) is 9.34. The van der Waals surface area contributed by atoms with Crippen LogP contribution in [0.1, 0.15) is 16.9 Å². The highest BCUT2D eigenvalue weighted by atomic mass is 32.1. The molecule has 0 spiro atoms. The van der Waals surface area contributed by atoms with Gasteiger partial charge in [-0.2, -0.15) is 0 Å². The van der Waals surface area contributed by atoms with Crippen LogP contribution >= 0.6 is 22.7 Å². The number of allylic oxidation sites excluding steroid dienone is 1. The van der Waals surface area contributed by atoms with Crippen LogP contribution in [0.3, 0.4) is 0 Å². The second-order valence-corrected chi connectivity index (χ2v) is 17.5. The molecular weight excluding hydrogens is 745 g/mol. The molecule has 6 heterocycles. The summed E-state index contributed by atoms with van der Waals surface area (Å²) in [5, 5.41) is 8.71. The third kappa shape index (κ3) is 4.73. The molecular formula is C52H32N4S2. The van der Waals surface area contributed by atoms with Crippen molar-refractivity contribution in [3.63, 3.8) is 0 Å². The van der Waals surface area contributed by atoms with E-state index in [9.17, 15) is 0 Å². The average molecular weight is 777 g/mol. The fraction of sp³-hybridized carbons (Fsp3) is 0.0385. The number of aryl methyl sites for hydroxylation is 1. The summed E-state index contributed by atoms with van der Waals surface area (Å²) in [6.45, 7) is 0. The number of thiophene rings is 2. The van der Waals surface area contributed by atoms with Gasteiger partial charge in [-0.3, -0.25) is 9.13 Å². The van der Waals surface area contributed by atoms with Gasteiger partial charge in [0.1, 0.15) is 11.6 Å². The van der Waals surface area contributed by atoms with Crippen LogP contribution in [0.4, 0.5) is 0 Å². The van der Waals surface area contributed by atoms with Gasteiger partial charge in [0.2, 0.25) is 0 Å². The molecule has 13 rings (SSSR count). The summed E-state index contributed by atoms with van der Waals surface area (Å²) < 4.78 is 8.62. The second kappa shape index (κ2) is 12.3. The van der Waals surface area contributed by atoms with Gasteiger partial charge in [0, 0.05) is 67.8 Å². The molecule has 6 heteroatoms. The minimum atomic E-state index is 0.891. The van der Waals surface area contributed by atoms with Crippen LogP contribution in [0, 0.1) is 0 Å². The molecule has 0 unspecified atom stereocenters. The molecule has 272 valence electrons. The number of hydrogen-bond donors (Lipinski definition) is 0. The van der Waals surface area contributed by atoms with Crippen molar-refractivity contribution < 1.29 is 0 Å². The Balaban J connectivity index is 1.01. The minimum Gasteiger partial charge on any atom is -0.294 e. The molecule has 12 aromatic rings. The van der Waals surface area contributed by atoms with Crippen molar-refractivity contribution in [3.8, 4) is 34.2 Å². The molecule has 0 radical (unpaired) electrons. The van der Waals surface area contributed by atoms with Crippen molar-refractivity contribution in [3.05, 3.63) is 174 Å². The van der Waals surface area contributed by atoms with Gasteiger partial charge in [-0.1, -0.05) is 91.0 Å². The maximum absolute atomic E-state index is 5.40. The van der Waals surface area contributed by atoms with Gasteiger partial charge in [0.25, 0.3) is 0 Å². The normalized spacial score (nSPS) is 13.0. The minimum absolute atomic E-state index is 0.891. The largest absolute Gasteiger partial charge is 0.294 e. The van der Waals surface area contributed by atoms with E-state index in [-0.39, 0.29) is 0 Å². The Labute approximate surface area is 341 Å². The average Bonchev–Trinajstić information content (AvgIpc) is 4.03. The van der Waals surface area contributed by atoms with Crippen molar-refractivity contribution >= 4 is 103 Å². The molecule has 58 heavy (non-hydrogen) atoms. The van der Waals surface area contributed by atoms with E-state index in [0.717, 1.165) is 69.1 Å². The van der Waals surface area contributed by atoms with Gasteiger partial charge < -0.3 is 0 Å². The van der Waals surface area contributed by atoms with Crippen LogP contribution in [0.5, 0.6) is 0 Å². The predicted octanol–water partition coefficient (Wildman–Crippen LogP) is 14.5. The van der Waals surface area contributed by atoms with Crippen LogP contribution in [0.25, 0.3) is 114 Å². The number of nitrogens with zero attached hydrogens (tertiary/aromatic N) is 4. The zero-order valence-electron chi connectivity index (χ0n) is 31.2. The van der Waals surface area contributed by atoms with Crippen molar-refractivity contribution in [2.75, 3.05) is 0 Å². The Morgan fingerprint density at radius 3 is 1.66 bits per heavy atom. The summed E-state index contributed by atoms with van der Waals surface area (Å²) >= 11 is 3.77. The Kier molecular flexibility index (Phi) is 6.85. The molecule has 1 aliphatic carbocycles. The highest BCUT2D eigenvalue weighted by molar-refractivity contribution is 7.25. The van der Waals surface area contributed by atoms with Gasteiger partial charge in [-0.05, 0) is 97.3 Å². The lowest BCUT2D eigenvalue weighted by atomic mass is 10.0. The van der Waals surface area contributed by atoms with Crippen LogP contribution in [0.15, 0.2) is 164 Å². The van der Waals surface area contributed by atoms with E-state index in [1.54, 1.807) is 0 Å². The van der Waals surface area contributed by atoms with E-state index in [2.05, 4.69) is 179 Å². The fourth-order valence-corrected chi connectivity index (χ4v) is 11.6. The number of benzene rings is 6. The number of pyridine rings is 2. The van der Waals surface area contributed by atoms with Crippen LogP contribution in [-0.4, -0.2) is 19.1 Å². The third-order valence-electron chi connectivity index (χ3n) is 12.0.